The van der Waals surface area contributed by atoms with Crippen LogP contribution in [0.1, 0.15) is 10.4 Å². The van der Waals surface area contributed by atoms with Crippen molar-refractivity contribution in [3.8, 4) is 11.1 Å². The SMILES string of the molecule is NC(=O)c1ccccc1-c1ccc(Br)c(F)c1. The monoisotopic (exact) mass is 293 g/mol. The Labute approximate surface area is 106 Å². The number of hydrogen-bond acceptors (Lipinski definition) is 1. The van der Waals surface area contributed by atoms with Gasteiger partial charge in [-0.05, 0) is 45.3 Å². The Bertz CT molecular complexity index is 583. The Balaban J connectivity index is 2.60. The normalized spacial score (nSPS) is 10.2. The van der Waals surface area contributed by atoms with Gasteiger partial charge in [0.1, 0.15) is 5.82 Å². The van der Waals surface area contributed by atoms with E-state index in [1.54, 1.807) is 36.4 Å². The minimum absolute atomic E-state index is 0.373. The summed E-state index contributed by atoms with van der Waals surface area (Å²) in [7, 11) is 0. The molecule has 0 aromatic heterocycles. The molecule has 0 aliphatic rings. The number of nitrogens with two attached hydrogens (primary N) is 1. The van der Waals surface area contributed by atoms with Crippen molar-refractivity contribution < 1.29 is 9.18 Å². The molecular formula is C13H9BrFNO. The lowest BCUT2D eigenvalue weighted by Crippen LogP contribution is -2.12. The molecule has 0 spiro atoms. The van der Waals surface area contributed by atoms with Crippen molar-refractivity contribution in [1.29, 1.82) is 0 Å². The first kappa shape index (κ1) is 11.8. The number of primary amides is 1. The Kier molecular flexibility index (Phi) is 3.24. The van der Waals surface area contributed by atoms with E-state index >= 15 is 0 Å². The number of amides is 1. The minimum Gasteiger partial charge on any atom is -0.366 e. The maximum Gasteiger partial charge on any atom is 0.249 e. The van der Waals surface area contributed by atoms with Gasteiger partial charge in [0, 0.05) is 5.56 Å². The van der Waals surface area contributed by atoms with Gasteiger partial charge in [0.05, 0.1) is 4.47 Å². The van der Waals surface area contributed by atoms with E-state index < -0.39 is 5.91 Å². The fraction of sp³-hybridized carbons (Fsp3) is 0. The second-order valence-corrected chi connectivity index (χ2v) is 4.39. The van der Waals surface area contributed by atoms with Gasteiger partial charge in [-0.3, -0.25) is 4.79 Å². The molecule has 0 heterocycles. The van der Waals surface area contributed by atoms with E-state index in [1.807, 2.05) is 0 Å². The van der Waals surface area contributed by atoms with E-state index in [0.29, 0.717) is 21.2 Å². The van der Waals surface area contributed by atoms with Crippen molar-refractivity contribution in [2.45, 2.75) is 0 Å². The Hall–Kier alpha value is -1.68. The molecule has 0 atom stereocenters. The highest BCUT2D eigenvalue weighted by Gasteiger charge is 2.10. The third kappa shape index (κ3) is 2.36. The Morgan fingerprint density at radius 1 is 1.18 bits per heavy atom. The van der Waals surface area contributed by atoms with Crippen LogP contribution in [0.15, 0.2) is 46.9 Å². The highest BCUT2D eigenvalue weighted by Crippen LogP contribution is 2.27. The molecule has 2 nitrogen and oxygen atoms in total. The summed E-state index contributed by atoms with van der Waals surface area (Å²) in [6.07, 6.45) is 0. The zero-order chi connectivity index (χ0) is 12.4. The number of hydrogen-bond donors (Lipinski definition) is 1. The van der Waals surface area contributed by atoms with Crippen LogP contribution in [-0.2, 0) is 0 Å². The molecular weight excluding hydrogens is 285 g/mol. The van der Waals surface area contributed by atoms with Crippen LogP contribution in [0, 0.1) is 5.82 Å². The maximum atomic E-state index is 13.4. The first-order valence-corrected chi connectivity index (χ1v) is 5.73. The lowest BCUT2D eigenvalue weighted by molar-refractivity contribution is 0.100. The van der Waals surface area contributed by atoms with Crippen LogP contribution in [0.3, 0.4) is 0 Å². The van der Waals surface area contributed by atoms with Gasteiger partial charge < -0.3 is 5.73 Å². The van der Waals surface area contributed by atoms with Gasteiger partial charge >= 0.3 is 0 Å². The van der Waals surface area contributed by atoms with E-state index in [4.69, 9.17) is 5.73 Å². The van der Waals surface area contributed by atoms with Crippen LogP contribution in [0.5, 0.6) is 0 Å². The fourth-order valence-corrected chi connectivity index (χ4v) is 1.86. The molecule has 4 heteroatoms. The summed E-state index contributed by atoms with van der Waals surface area (Å²) < 4.78 is 13.8. The molecule has 2 aromatic carbocycles. The van der Waals surface area contributed by atoms with Crippen LogP contribution in [0.25, 0.3) is 11.1 Å². The lowest BCUT2D eigenvalue weighted by atomic mass is 9.99. The van der Waals surface area contributed by atoms with E-state index in [9.17, 15) is 9.18 Å². The quantitative estimate of drug-likeness (QED) is 0.906. The highest BCUT2D eigenvalue weighted by atomic mass is 79.9. The number of carbonyl (C=O) groups excluding carboxylic acids is 1. The molecule has 0 radical (unpaired) electrons. The summed E-state index contributed by atoms with van der Waals surface area (Å²) in [4.78, 5) is 11.3. The highest BCUT2D eigenvalue weighted by molar-refractivity contribution is 9.10. The molecule has 17 heavy (non-hydrogen) atoms. The van der Waals surface area contributed by atoms with Gasteiger partial charge in [-0.1, -0.05) is 24.3 Å². The van der Waals surface area contributed by atoms with Gasteiger partial charge in [-0.15, -0.1) is 0 Å². The molecule has 0 aliphatic heterocycles. The van der Waals surface area contributed by atoms with Crippen LogP contribution >= 0.6 is 15.9 Å². The Morgan fingerprint density at radius 2 is 1.88 bits per heavy atom. The summed E-state index contributed by atoms with van der Waals surface area (Å²) in [6.45, 7) is 0. The van der Waals surface area contributed by atoms with Crippen LogP contribution in [0.4, 0.5) is 4.39 Å². The molecule has 0 unspecified atom stereocenters. The smallest absolute Gasteiger partial charge is 0.249 e. The van der Waals surface area contributed by atoms with Crippen molar-refractivity contribution in [3.05, 3.63) is 58.3 Å². The molecule has 1 amide bonds. The molecule has 0 aliphatic carbocycles. The largest absolute Gasteiger partial charge is 0.366 e. The van der Waals surface area contributed by atoms with Gasteiger partial charge in [0.2, 0.25) is 5.91 Å². The first-order valence-electron chi connectivity index (χ1n) is 4.94. The third-order valence-corrected chi connectivity index (χ3v) is 3.07. The predicted octanol–water partition coefficient (Wildman–Crippen LogP) is 3.35. The molecule has 0 saturated carbocycles. The average molecular weight is 294 g/mol. The standard InChI is InChI=1S/C13H9BrFNO/c14-11-6-5-8(7-12(11)15)9-3-1-2-4-10(9)13(16)17/h1-7H,(H2,16,17). The predicted molar refractivity (Wildman–Crippen MR) is 68.1 cm³/mol. The number of halogens is 2. The molecule has 2 N–H and O–H groups in total. The summed E-state index contributed by atoms with van der Waals surface area (Å²) >= 11 is 3.08. The summed E-state index contributed by atoms with van der Waals surface area (Å²) in [5.41, 5.74) is 6.92. The molecule has 2 rings (SSSR count). The zero-order valence-corrected chi connectivity index (χ0v) is 10.4. The Morgan fingerprint density at radius 3 is 2.53 bits per heavy atom. The number of benzene rings is 2. The lowest BCUT2D eigenvalue weighted by Gasteiger charge is -2.07. The third-order valence-electron chi connectivity index (χ3n) is 2.42. The maximum absolute atomic E-state index is 13.4. The number of rotatable bonds is 2. The van der Waals surface area contributed by atoms with Crippen molar-refractivity contribution >= 4 is 21.8 Å². The van der Waals surface area contributed by atoms with E-state index in [1.165, 1.54) is 6.07 Å². The topological polar surface area (TPSA) is 43.1 Å². The summed E-state index contributed by atoms with van der Waals surface area (Å²) in [6, 6.07) is 11.6. The van der Waals surface area contributed by atoms with Crippen molar-refractivity contribution in [2.24, 2.45) is 5.73 Å². The molecule has 0 saturated heterocycles. The minimum atomic E-state index is -0.524. The summed E-state index contributed by atoms with van der Waals surface area (Å²) in [5.74, 6) is -0.897. The second-order valence-electron chi connectivity index (χ2n) is 3.54. The molecule has 0 bridgehead atoms. The van der Waals surface area contributed by atoms with Gasteiger partial charge in [0.15, 0.2) is 0 Å². The molecule has 0 fully saturated rings. The van der Waals surface area contributed by atoms with Crippen LogP contribution in [-0.4, -0.2) is 5.91 Å². The van der Waals surface area contributed by atoms with Crippen molar-refractivity contribution in [2.75, 3.05) is 0 Å². The second kappa shape index (κ2) is 4.67. The van der Waals surface area contributed by atoms with Gasteiger partial charge in [-0.2, -0.15) is 0 Å². The molecule has 2 aromatic rings. The number of carbonyl (C=O) groups is 1. The first-order chi connectivity index (χ1) is 8.09. The van der Waals surface area contributed by atoms with Gasteiger partial charge in [0.25, 0.3) is 0 Å². The van der Waals surface area contributed by atoms with Crippen molar-refractivity contribution in [3.63, 3.8) is 0 Å². The van der Waals surface area contributed by atoms with Crippen LogP contribution < -0.4 is 5.73 Å². The van der Waals surface area contributed by atoms with Gasteiger partial charge in [-0.25, -0.2) is 4.39 Å². The average Bonchev–Trinajstić information content (AvgIpc) is 2.32. The van der Waals surface area contributed by atoms with E-state index in [-0.39, 0.29) is 5.82 Å². The molecule has 86 valence electrons. The van der Waals surface area contributed by atoms with E-state index in [0.717, 1.165) is 0 Å². The zero-order valence-electron chi connectivity index (χ0n) is 8.78. The van der Waals surface area contributed by atoms with E-state index in [2.05, 4.69) is 15.9 Å². The summed E-state index contributed by atoms with van der Waals surface area (Å²) in [5, 5.41) is 0. The fourth-order valence-electron chi connectivity index (χ4n) is 1.61. The van der Waals surface area contributed by atoms with Crippen molar-refractivity contribution in [1.82, 2.24) is 0 Å². The van der Waals surface area contributed by atoms with Crippen LogP contribution in [0.2, 0.25) is 0 Å².